The van der Waals surface area contributed by atoms with Gasteiger partial charge in [0.1, 0.15) is 18.2 Å². The standard InChI is InChI=1S/C16H19ClN2O6/c1-7(20)18-12-15(23)25-11(14(17)22)13(21)16(12,24)10-6-8-4-2-3-5-9(8)19-10/h2-6,11-15,19,21-24H,1H3,(H,18,20)/t11-,12-,13+,14?,15+,16+/m0/s1. The number of fused-ring (bicyclic) bond motifs is 1. The highest BCUT2D eigenvalue weighted by Gasteiger charge is 2.58. The van der Waals surface area contributed by atoms with Gasteiger partial charge in [0.2, 0.25) is 5.91 Å². The molecule has 0 spiro atoms. The van der Waals surface area contributed by atoms with Crippen LogP contribution in [-0.4, -0.2) is 61.4 Å². The molecule has 6 atom stereocenters. The zero-order valence-corrected chi connectivity index (χ0v) is 14.0. The minimum absolute atomic E-state index is 0.143. The van der Waals surface area contributed by atoms with Gasteiger partial charge < -0.3 is 35.5 Å². The summed E-state index contributed by atoms with van der Waals surface area (Å²) in [5.74, 6) is -0.542. The van der Waals surface area contributed by atoms with Crippen LogP contribution < -0.4 is 5.32 Å². The highest BCUT2D eigenvalue weighted by atomic mass is 35.5. The van der Waals surface area contributed by atoms with E-state index in [9.17, 15) is 25.2 Å². The summed E-state index contributed by atoms with van der Waals surface area (Å²) in [5, 5.41) is 44.9. The van der Waals surface area contributed by atoms with Crippen molar-refractivity contribution in [3.8, 4) is 0 Å². The number of hydrogen-bond donors (Lipinski definition) is 6. The van der Waals surface area contributed by atoms with Crippen LogP contribution in [0.4, 0.5) is 0 Å². The summed E-state index contributed by atoms with van der Waals surface area (Å²) < 4.78 is 5.10. The number of hydrogen-bond acceptors (Lipinski definition) is 6. The Morgan fingerprint density at radius 3 is 2.68 bits per heavy atom. The van der Waals surface area contributed by atoms with Gasteiger partial charge in [0.05, 0.1) is 5.69 Å². The van der Waals surface area contributed by atoms with Crippen molar-refractivity contribution in [3.05, 3.63) is 36.0 Å². The fraction of sp³-hybridized carbons (Fsp3) is 0.438. The van der Waals surface area contributed by atoms with E-state index in [0.29, 0.717) is 5.52 Å². The molecule has 0 saturated carbocycles. The summed E-state index contributed by atoms with van der Waals surface area (Å²) in [5.41, 5.74) is -3.03. The Kier molecular flexibility index (Phi) is 4.76. The quantitative estimate of drug-likeness (QED) is 0.403. The first kappa shape index (κ1) is 18.1. The molecule has 1 aliphatic heterocycles. The van der Waals surface area contributed by atoms with Crippen molar-refractivity contribution >= 4 is 28.4 Å². The van der Waals surface area contributed by atoms with E-state index in [1.165, 1.54) is 6.92 Å². The van der Waals surface area contributed by atoms with Crippen molar-refractivity contribution in [2.45, 2.75) is 42.6 Å². The smallest absolute Gasteiger partial charge is 0.217 e. The number of amides is 1. The van der Waals surface area contributed by atoms with E-state index in [1.807, 2.05) is 0 Å². The monoisotopic (exact) mass is 370 g/mol. The Hall–Kier alpha value is -1.68. The molecule has 0 radical (unpaired) electrons. The maximum Gasteiger partial charge on any atom is 0.217 e. The molecular weight excluding hydrogens is 352 g/mol. The average molecular weight is 371 g/mol. The second-order valence-corrected chi connectivity index (χ2v) is 6.53. The van der Waals surface area contributed by atoms with Crippen molar-refractivity contribution in [2.24, 2.45) is 0 Å². The number of benzene rings is 1. The highest BCUT2D eigenvalue weighted by molar-refractivity contribution is 6.19. The number of alkyl halides is 1. The maximum absolute atomic E-state index is 11.5. The summed E-state index contributed by atoms with van der Waals surface area (Å²) in [6.45, 7) is 1.20. The van der Waals surface area contributed by atoms with Crippen molar-refractivity contribution in [3.63, 3.8) is 0 Å². The second-order valence-electron chi connectivity index (χ2n) is 6.08. The molecule has 6 N–H and O–H groups in total. The lowest BCUT2D eigenvalue weighted by Crippen LogP contribution is -2.70. The minimum Gasteiger partial charge on any atom is -0.387 e. The van der Waals surface area contributed by atoms with E-state index in [2.05, 4.69) is 10.3 Å². The largest absolute Gasteiger partial charge is 0.387 e. The Morgan fingerprint density at radius 2 is 2.08 bits per heavy atom. The topological polar surface area (TPSA) is 135 Å². The Bertz CT molecular complexity index is 748. The molecule has 0 bridgehead atoms. The van der Waals surface area contributed by atoms with Gasteiger partial charge in [-0.3, -0.25) is 4.79 Å². The molecule has 1 fully saturated rings. The number of para-hydroxylation sites is 1. The highest BCUT2D eigenvalue weighted by Crippen LogP contribution is 2.39. The van der Waals surface area contributed by atoms with Gasteiger partial charge in [-0.05, 0) is 17.5 Å². The zero-order chi connectivity index (χ0) is 18.4. The molecule has 3 rings (SSSR count). The van der Waals surface area contributed by atoms with Crippen LogP contribution in [-0.2, 0) is 15.1 Å². The van der Waals surface area contributed by atoms with E-state index in [4.69, 9.17) is 16.3 Å². The minimum atomic E-state index is -2.18. The molecule has 8 nitrogen and oxygen atoms in total. The van der Waals surface area contributed by atoms with E-state index >= 15 is 0 Å². The van der Waals surface area contributed by atoms with Crippen molar-refractivity contribution < 1.29 is 30.0 Å². The molecule has 1 aliphatic rings. The molecule has 1 saturated heterocycles. The number of rotatable bonds is 3. The van der Waals surface area contributed by atoms with Gasteiger partial charge in [-0.2, -0.15) is 0 Å². The SMILES string of the molecule is CC(=O)N[C@H]1[C@H](O)O[C@H](C(O)Cl)[C@@H](O)[C@@]1(O)c1cc2ccccc2[nH]1. The number of halogens is 1. The molecule has 1 amide bonds. The molecular formula is C16H19ClN2O6. The second kappa shape index (κ2) is 6.56. The Balaban J connectivity index is 2.13. The molecule has 0 aliphatic carbocycles. The predicted molar refractivity (Wildman–Crippen MR) is 88.5 cm³/mol. The molecule has 2 aromatic rings. The number of nitrogens with one attached hydrogen (secondary N) is 2. The predicted octanol–water partition coefficient (Wildman–Crippen LogP) is -0.504. The van der Waals surface area contributed by atoms with E-state index in [-0.39, 0.29) is 5.69 Å². The fourth-order valence-corrected chi connectivity index (χ4v) is 3.39. The number of carbonyl (C=O) groups excluding carboxylic acids is 1. The zero-order valence-electron chi connectivity index (χ0n) is 13.3. The summed E-state index contributed by atoms with van der Waals surface area (Å²) in [6, 6.07) is 7.35. The third-order valence-corrected chi connectivity index (χ3v) is 4.66. The number of aliphatic hydroxyl groups excluding tert-OH is 3. The summed E-state index contributed by atoms with van der Waals surface area (Å²) in [7, 11) is 0. The van der Waals surface area contributed by atoms with Crippen molar-refractivity contribution in [1.29, 1.82) is 0 Å². The number of ether oxygens (including phenoxy) is 1. The maximum atomic E-state index is 11.5. The molecule has 1 aromatic carbocycles. The van der Waals surface area contributed by atoms with E-state index < -0.39 is 41.6 Å². The van der Waals surface area contributed by atoms with Gasteiger partial charge in [-0.1, -0.05) is 29.8 Å². The molecule has 25 heavy (non-hydrogen) atoms. The Labute approximate surface area is 148 Å². The number of carbonyl (C=O) groups is 1. The first-order valence-electron chi connectivity index (χ1n) is 7.66. The molecule has 136 valence electrons. The third kappa shape index (κ3) is 3.01. The average Bonchev–Trinajstić information content (AvgIpc) is 2.99. The molecule has 2 heterocycles. The number of H-pyrrole nitrogens is 1. The lowest BCUT2D eigenvalue weighted by molar-refractivity contribution is -0.296. The Morgan fingerprint density at radius 1 is 1.40 bits per heavy atom. The summed E-state index contributed by atoms with van der Waals surface area (Å²) in [4.78, 5) is 14.5. The van der Waals surface area contributed by atoms with Crippen LogP contribution in [0.5, 0.6) is 0 Å². The first-order chi connectivity index (χ1) is 11.7. The van der Waals surface area contributed by atoms with Crippen LogP contribution in [0, 0.1) is 0 Å². The van der Waals surface area contributed by atoms with Crippen molar-refractivity contribution in [1.82, 2.24) is 10.3 Å². The number of aromatic amines is 1. The van der Waals surface area contributed by atoms with Gasteiger partial charge in [0.25, 0.3) is 0 Å². The number of aliphatic hydroxyl groups is 4. The molecule has 1 unspecified atom stereocenters. The van der Waals surface area contributed by atoms with Gasteiger partial charge in [0, 0.05) is 12.4 Å². The van der Waals surface area contributed by atoms with Gasteiger partial charge in [-0.15, -0.1) is 0 Å². The normalized spacial score (nSPS) is 34.0. The molecule has 9 heteroatoms. The van der Waals surface area contributed by atoms with Crippen LogP contribution in [0.25, 0.3) is 10.9 Å². The summed E-state index contributed by atoms with van der Waals surface area (Å²) >= 11 is 5.61. The lowest BCUT2D eigenvalue weighted by Gasteiger charge is -2.48. The van der Waals surface area contributed by atoms with E-state index in [1.54, 1.807) is 30.3 Å². The fourth-order valence-electron chi connectivity index (χ4n) is 3.20. The van der Waals surface area contributed by atoms with Crippen molar-refractivity contribution in [2.75, 3.05) is 0 Å². The number of aromatic nitrogens is 1. The van der Waals surface area contributed by atoms with Crippen LogP contribution in [0.15, 0.2) is 30.3 Å². The molecule has 1 aromatic heterocycles. The van der Waals surface area contributed by atoms with Crippen LogP contribution in [0.2, 0.25) is 0 Å². The van der Waals surface area contributed by atoms with Crippen LogP contribution >= 0.6 is 11.6 Å². The van der Waals surface area contributed by atoms with Crippen LogP contribution in [0.1, 0.15) is 12.6 Å². The van der Waals surface area contributed by atoms with E-state index in [0.717, 1.165) is 5.39 Å². The summed E-state index contributed by atoms with van der Waals surface area (Å²) in [6.07, 6.45) is -4.91. The van der Waals surface area contributed by atoms with Gasteiger partial charge >= 0.3 is 0 Å². The van der Waals surface area contributed by atoms with Gasteiger partial charge in [0.15, 0.2) is 17.5 Å². The van der Waals surface area contributed by atoms with Gasteiger partial charge in [-0.25, -0.2) is 0 Å². The third-order valence-electron chi connectivity index (χ3n) is 4.41. The first-order valence-corrected chi connectivity index (χ1v) is 8.10. The lowest BCUT2D eigenvalue weighted by atomic mass is 9.79. The van der Waals surface area contributed by atoms with Crippen LogP contribution in [0.3, 0.4) is 0 Å².